The van der Waals surface area contributed by atoms with E-state index in [0.29, 0.717) is 59.1 Å². The molecule has 0 saturated carbocycles. The highest BCUT2D eigenvalue weighted by Crippen LogP contribution is 2.39. The second-order valence-electron chi connectivity index (χ2n) is 9.16. The molecule has 12 nitrogen and oxygen atoms in total. The van der Waals surface area contributed by atoms with Crippen molar-refractivity contribution in [3.63, 3.8) is 0 Å². The Labute approximate surface area is 249 Å². The Morgan fingerprint density at radius 2 is 1.90 bits per heavy atom. The summed E-state index contributed by atoms with van der Waals surface area (Å²) in [6.07, 6.45) is 4.05. The van der Waals surface area contributed by atoms with E-state index in [-0.39, 0.29) is 12.9 Å². The minimum Gasteiger partial charge on any atom is -0.493 e. The molecule has 4 rings (SSSR count). The molecule has 2 atom stereocenters. The van der Waals surface area contributed by atoms with Crippen molar-refractivity contribution in [2.24, 2.45) is 4.99 Å². The van der Waals surface area contributed by atoms with Crippen LogP contribution in [0.15, 0.2) is 45.9 Å². The molecule has 1 aliphatic rings. The molecule has 3 aromatic rings. The lowest BCUT2D eigenvalue weighted by Crippen LogP contribution is -2.38. The maximum Gasteiger partial charge on any atom is 0.408 e. The lowest BCUT2D eigenvalue weighted by molar-refractivity contribution is -0.165. The fraction of sp³-hybridized carbons (Fsp3) is 0.448. The SMILES string of the molecule is COC(=O)NC(SC)C(=Nc1ccc(-c2noc(C)n2)cc1)c1cc(OC)c(OC)c(OCCOC2CCCCO2)c1. The van der Waals surface area contributed by atoms with Gasteiger partial charge < -0.3 is 38.3 Å². The number of carbonyl (C=O) groups is 1. The number of thioether (sulfide) groups is 1. The number of aryl methyl sites for hydroxylation is 1. The zero-order valence-electron chi connectivity index (χ0n) is 24.4. The second-order valence-corrected chi connectivity index (χ2v) is 10.1. The molecule has 2 aromatic carbocycles. The Hall–Kier alpha value is -3.81. The monoisotopic (exact) mass is 600 g/mol. The fourth-order valence-corrected chi connectivity index (χ4v) is 4.90. The molecule has 1 aromatic heterocycles. The van der Waals surface area contributed by atoms with Gasteiger partial charge in [0.15, 0.2) is 17.8 Å². The molecule has 226 valence electrons. The topological polar surface area (TPSA) is 136 Å². The Bertz CT molecular complexity index is 1340. The summed E-state index contributed by atoms with van der Waals surface area (Å²) in [7, 11) is 4.40. The third-order valence-electron chi connectivity index (χ3n) is 6.34. The van der Waals surface area contributed by atoms with Gasteiger partial charge in [-0.3, -0.25) is 0 Å². The summed E-state index contributed by atoms with van der Waals surface area (Å²) in [5.41, 5.74) is 2.60. The van der Waals surface area contributed by atoms with E-state index in [1.165, 1.54) is 18.9 Å². The number of carbonyl (C=O) groups excluding carboxylic acids is 1. The average molecular weight is 601 g/mol. The summed E-state index contributed by atoms with van der Waals surface area (Å²) in [5, 5.41) is 6.23. The molecule has 0 radical (unpaired) electrons. The Kier molecular flexibility index (Phi) is 11.4. The van der Waals surface area contributed by atoms with E-state index < -0.39 is 11.5 Å². The zero-order valence-corrected chi connectivity index (χ0v) is 25.2. The highest BCUT2D eigenvalue weighted by molar-refractivity contribution is 7.99. The minimum atomic E-state index is -0.594. The van der Waals surface area contributed by atoms with Crippen LogP contribution in [0.25, 0.3) is 11.4 Å². The van der Waals surface area contributed by atoms with E-state index in [1.807, 2.05) is 30.5 Å². The van der Waals surface area contributed by atoms with Gasteiger partial charge in [-0.1, -0.05) is 5.16 Å². The molecule has 42 heavy (non-hydrogen) atoms. The van der Waals surface area contributed by atoms with E-state index in [4.69, 9.17) is 37.9 Å². The number of rotatable bonds is 13. The van der Waals surface area contributed by atoms with Crippen LogP contribution < -0.4 is 19.5 Å². The van der Waals surface area contributed by atoms with Crippen molar-refractivity contribution in [3.8, 4) is 28.6 Å². The van der Waals surface area contributed by atoms with Crippen LogP contribution in [0.1, 0.15) is 30.7 Å². The number of nitrogens with zero attached hydrogens (tertiary/aromatic N) is 3. The van der Waals surface area contributed by atoms with E-state index >= 15 is 0 Å². The molecule has 0 bridgehead atoms. The van der Waals surface area contributed by atoms with Gasteiger partial charge in [0, 0.05) is 24.7 Å². The summed E-state index contributed by atoms with van der Waals surface area (Å²) >= 11 is 1.38. The number of aliphatic imine (C=N–C) groups is 1. The standard InChI is InChI=1S/C29H36N4O8S/c1-18-30-27(33-41-18)19-9-11-21(12-10-19)31-25(28(42-5)32-29(34)37-4)20-16-22(35-2)26(36-3)23(17-20)38-14-15-40-24-8-6-7-13-39-24/h9-12,16-17,24,28H,6-8,13-15H2,1-5H3,(H,32,34). The largest absolute Gasteiger partial charge is 0.493 e. The van der Waals surface area contributed by atoms with Gasteiger partial charge >= 0.3 is 6.09 Å². The maximum atomic E-state index is 12.3. The summed E-state index contributed by atoms with van der Waals surface area (Å²) in [5.74, 6) is 2.27. The highest BCUT2D eigenvalue weighted by atomic mass is 32.2. The van der Waals surface area contributed by atoms with Gasteiger partial charge in [-0.15, -0.1) is 11.8 Å². The van der Waals surface area contributed by atoms with Gasteiger partial charge in [0.2, 0.25) is 17.5 Å². The number of ether oxygens (including phenoxy) is 6. The molecular formula is C29H36N4O8S. The lowest BCUT2D eigenvalue weighted by atomic mass is 10.1. The van der Waals surface area contributed by atoms with E-state index in [9.17, 15) is 4.79 Å². The smallest absolute Gasteiger partial charge is 0.408 e. The van der Waals surface area contributed by atoms with Gasteiger partial charge in [0.05, 0.1) is 39.3 Å². The first-order valence-electron chi connectivity index (χ1n) is 13.4. The van der Waals surface area contributed by atoms with Crippen molar-refractivity contribution >= 4 is 29.3 Å². The number of benzene rings is 2. The molecule has 0 aliphatic carbocycles. The molecule has 1 amide bonds. The highest BCUT2D eigenvalue weighted by Gasteiger charge is 2.24. The third-order valence-corrected chi connectivity index (χ3v) is 7.16. The summed E-state index contributed by atoms with van der Waals surface area (Å²) in [6.45, 7) is 3.04. The van der Waals surface area contributed by atoms with E-state index in [2.05, 4.69) is 15.5 Å². The molecule has 1 aliphatic heterocycles. The normalized spacial score (nSPS) is 16.0. The first-order valence-corrected chi connectivity index (χ1v) is 14.7. The van der Waals surface area contributed by atoms with E-state index in [1.54, 1.807) is 33.3 Å². The predicted molar refractivity (Wildman–Crippen MR) is 158 cm³/mol. The van der Waals surface area contributed by atoms with Crippen LogP contribution in [0, 0.1) is 6.92 Å². The van der Waals surface area contributed by atoms with Crippen molar-refractivity contribution in [1.82, 2.24) is 15.5 Å². The quantitative estimate of drug-likeness (QED) is 0.158. The van der Waals surface area contributed by atoms with Gasteiger partial charge in [-0.05, 0) is 61.9 Å². The third kappa shape index (κ3) is 8.14. The van der Waals surface area contributed by atoms with Crippen LogP contribution in [0.5, 0.6) is 17.2 Å². The van der Waals surface area contributed by atoms with Crippen molar-refractivity contribution in [2.75, 3.05) is 47.4 Å². The molecule has 1 fully saturated rings. The Balaban J connectivity index is 1.66. The molecule has 1 saturated heterocycles. The molecule has 2 heterocycles. The Morgan fingerprint density at radius 3 is 2.52 bits per heavy atom. The van der Waals surface area contributed by atoms with Crippen molar-refractivity contribution in [1.29, 1.82) is 0 Å². The first kappa shape index (κ1) is 31.1. The van der Waals surface area contributed by atoms with Crippen LogP contribution in [0.4, 0.5) is 10.5 Å². The second kappa shape index (κ2) is 15.4. The van der Waals surface area contributed by atoms with Crippen LogP contribution >= 0.6 is 11.8 Å². The average Bonchev–Trinajstić information content (AvgIpc) is 3.47. The van der Waals surface area contributed by atoms with Crippen LogP contribution in [-0.4, -0.2) is 81.0 Å². The van der Waals surface area contributed by atoms with Crippen molar-refractivity contribution < 1.29 is 37.7 Å². The van der Waals surface area contributed by atoms with Crippen LogP contribution in [-0.2, 0) is 14.2 Å². The molecule has 0 spiro atoms. The molecular weight excluding hydrogens is 564 g/mol. The number of hydrogen-bond acceptors (Lipinski definition) is 12. The predicted octanol–water partition coefficient (Wildman–Crippen LogP) is 5.15. The number of nitrogens with one attached hydrogen (secondary N) is 1. The van der Waals surface area contributed by atoms with Gasteiger partial charge in [-0.2, -0.15) is 4.98 Å². The fourth-order valence-electron chi connectivity index (χ4n) is 4.28. The number of hydrogen-bond donors (Lipinski definition) is 1. The van der Waals surface area contributed by atoms with Crippen molar-refractivity contribution in [2.45, 2.75) is 37.9 Å². The van der Waals surface area contributed by atoms with Gasteiger partial charge in [-0.25, -0.2) is 9.79 Å². The van der Waals surface area contributed by atoms with Crippen LogP contribution in [0.3, 0.4) is 0 Å². The lowest BCUT2D eigenvalue weighted by Gasteiger charge is -2.23. The first-order chi connectivity index (χ1) is 20.4. The maximum absolute atomic E-state index is 12.3. The van der Waals surface area contributed by atoms with Gasteiger partial charge in [0.1, 0.15) is 12.0 Å². The summed E-state index contributed by atoms with van der Waals surface area (Å²) < 4.78 is 38.8. The molecule has 1 N–H and O–H groups in total. The molecule has 2 unspecified atom stereocenters. The molecule has 13 heteroatoms. The number of aromatic nitrogens is 2. The van der Waals surface area contributed by atoms with Crippen LogP contribution in [0.2, 0.25) is 0 Å². The summed E-state index contributed by atoms with van der Waals surface area (Å²) in [4.78, 5) is 21.4. The summed E-state index contributed by atoms with van der Waals surface area (Å²) in [6, 6.07) is 11.0. The number of alkyl carbamates (subject to hydrolysis) is 1. The van der Waals surface area contributed by atoms with Gasteiger partial charge in [0.25, 0.3) is 0 Å². The number of methoxy groups -OCH3 is 3. The van der Waals surface area contributed by atoms with Crippen molar-refractivity contribution in [3.05, 3.63) is 47.9 Å². The van der Waals surface area contributed by atoms with E-state index in [0.717, 1.165) is 24.8 Å². The minimum absolute atomic E-state index is 0.217. The number of amides is 1. The Morgan fingerprint density at radius 1 is 1.12 bits per heavy atom. The zero-order chi connectivity index (χ0) is 29.9.